The Morgan fingerprint density at radius 2 is 1.95 bits per heavy atom. The number of benzene rings is 1. The molecule has 7 heteroatoms. The van der Waals surface area contributed by atoms with E-state index in [1.165, 1.54) is 11.3 Å². The molecule has 1 N–H and O–H groups in total. The molecular formula is C14H16N2O3S2. The quantitative estimate of drug-likeness (QED) is 0.842. The van der Waals surface area contributed by atoms with Crippen molar-refractivity contribution in [1.29, 1.82) is 0 Å². The molecule has 2 rings (SSSR count). The molecule has 0 aliphatic heterocycles. The van der Waals surface area contributed by atoms with Crippen LogP contribution in [0.3, 0.4) is 0 Å². The number of sulfonamides is 1. The molecule has 0 fully saturated rings. The summed E-state index contributed by atoms with van der Waals surface area (Å²) in [5.74, 6) is -0.588. The number of carbonyl (C=O) groups excluding carboxylic acids is 1. The highest BCUT2D eigenvalue weighted by molar-refractivity contribution is 7.90. The molecule has 1 amide bonds. The minimum atomic E-state index is -3.59. The monoisotopic (exact) mass is 324 g/mol. The Morgan fingerprint density at radius 1 is 1.19 bits per heavy atom. The number of hydrogen-bond acceptors (Lipinski definition) is 5. The summed E-state index contributed by atoms with van der Waals surface area (Å²) in [5.41, 5.74) is 3.42. The lowest BCUT2D eigenvalue weighted by Gasteiger charge is -2.06. The van der Waals surface area contributed by atoms with Crippen molar-refractivity contribution < 1.29 is 13.2 Å². The van der Waals surface area contributed by atoms with Gasteiger partial charge in [0.25, 0.3) is 0 Å². The van der Waals surface area contributed by atoms with E-state index in [9.17, 15) is 13.2 Å². The molecule has 21 heavy (non-hydrogen) atoms. The molecular weight excluding hydrogens is 308 g/mol. The molecule has 0 aliphatic rings. The third-order valence-electron chi connectivity index (χ3n) is 2.86. The Hall–Kier alpha value is -1.73. The van der Waals surface area contributed by atoms with Gasteiger partial charge in [-0.05, 0) is 18.4 Å². The molecule has 0 saturated carbocycles. The van der Waals surface area contributed by atoms with Gasteiger partial charge in [0.2, 0.25) is 15.9 Å². The summed E-state index contributed by atoms with van der Waals surface area (Å²) >= 11 is 1.45. The third-order valence-corrected chi connectivity index (χ3v) is 4.78. The van der Waals surface area contributed by atoms with Gasteiger partial charge in [-0.25, -0.2) is 13.4 Å². The molecule has 0 radical (unpaired) electrons. The predicted octanol–water partition coefficient (Wildman–Crippen LogP) is 1.76. The van der Waals surface area contributed by atoms with Crippen LogP contribution >= 0.6 is 11.3 Å². The average Bonchev–Trinajstić information content (AvgIpc) is 2.97. The molecule has 0 unspecified atom stereocenters. The van der Waals surface area contributed by atoms with Crippen LogP contribution in [-0.4, -0.2) is 25.1 Å². The van der Waals surface area contributed by atoms with Gasteiger partial charge in [-0.1, -0.05) is 30.3 Å². The zero-order valence-corrected chi connectivity index (χ0v) is 13.0. The number of carbonyl (C=O) groups is 1. The Balaban J connectivity index is 1.78. The second-order valence-electron chi connectivity index (χ2n) is 4.56. The molecule has 0 atom stereocenters. The number of rotatable bonds is 7. The fourth-order valence-electron chi connectivity index (χ4n) is 1.77. The summed E-state index contributed by atoms with van der Waals surface area (Å²) in [4.78, 5) is 15.7. The molecule has 0 bridgehead atoms. The number of hydrogen-bond donors (Lipinski definition) is 1. The first kappa shape index (κ1) is 15.7. The number of aromatic nitrogens is 1. The highest BCUT2D eigenvalue weighted by Crippen LogP contribution is 2.05. The topological polar surface area (TPSA) is 76.1 Å². The van der Waals surface area contributed by atoms with Crippen molar-refractivity contribution >= 4 is 27.3 Å². The van der Waals surface area contributed by atoms with E-state index in [0.717, 1.165) is 11.3 Å². The standard InChI is InChI=1S/C14H16N2O3S2/c17-14(7-6-13-10-20-11-15-13)16-21(18,19)9-8-12-4-2-1-3-5-12/h1-5,10-11H,6-9H2,(H,16,17). The van der Waals surface area contributed by atoms with E-state index in [1.807, 2.05) is 35.7 Å². The zero-order valence-electron chi connectivity index (χ0n) is 11.4. The van der Waals surface area contributed by atoms with Gasteiger partial charge in [0.1, 0.15) is 0 Å². The van der Waals surface area contributed by atoms with E-state index >= 15 is 0 Å². The fourth-order valence-corrected chi connectivity index (χ4v) is 3.42. The highest BCUT2D eigenvalue weighted by Gasteiger charge is 2.14. The van der Waals surface area contributed by atoms with Crippen LogP contribution in [0.1, 0.15) is 17.7 Å². The fraction of sp³-hybridized carbons (Fsp3) is 0.286. The minimum Gasteiger partial charge on any atom is -0.274 e. The number of amides is 1. The first-order chi connectivity index (χ1) is 10.1. The normalized spacial score (nSPS) is 11.2. The van der Waals surface area contributed by atoms with Crippen molar-refractivity contribution in [2.75, 3.05) is 5.75 Å². The van der Waals surface area contributed by atoms with Gasteiger partial charge in [-0.2, -0.15) is 0 Å². The molecule has 2 aromatic rings. The van der Waals surface area contributed by atoms with Gasteiger partial charge in [-0.3, -0.25) is 9.52 Å². The predicted molar refractivity (Wildman–Crippen MR) is 82.5 cm³/mol. The van der Waals surface area contributed by atoms with E-state index in [0.29, 0.717) is 12.8 Å². The largest absolute Gasteiger partial charge is 0.274 e. The number of thiazole rings is 1. The molecule has 0 spiro atoms. The summed E-state index contributed by atoms with van der Waals surface area (Å²) in [6.45, 7) is 0. The maximum Gasteiger partial charge on any atom is 0.235 e. The van der Waals surface area contributed by atoms with E-state index in [1.54, 1.807) is 5.51 Å². The van der Waals surface area contributed by atoms with Crippen molar-refractivity contribution in [2.45, 2.75) is 19.3 Å². The van der Waals surface area contributed by atoms with E-state index in [2.05, 4.69) is 9.71 Å². The molecule has 1 aromatic heterocycles. The second-order valence-corrected chi connectivity index (χ2v) is 7.12. The Morgan fingerprint density at radius 3 is 2.62 bits per heavy atom. The van der Waals surface area contributed by atoms with Gasteiger partial charge in [-0.15, -0.1) is 11.3 Å². The van der Waals surface area contributed by atoms with Crippen LogP contribution in [-0.2, 0) is 27.7 Å². The van der Waals surface area contributed by atoms with Crippen LogP contribution in [0.25, 0.3) is 0 Å². The van der Waals surface area contributed by atoms with Gasteiger partial charge < -0.3 is 0 Å². The molecule has 1 heterocycles. The zero-order chi connectivity index (χ0) is 15.1. The first-order valence-electron chi connectivity index (χ1n) is 6.49. The Labute approximate surface area is 128 Å². The van der Waals surface area contributed by atoms with Crippen LogP contribution in [0, 0.1) is 0 Å². The van der Waals surface area contributed by atoms with Crippen LogP contribution in [0.15, 0.2) is 41.2 Å². The summed E-state index contributed by atoms with van der Waals surface area (Å²) in [7, 11) is -3.59. The summed E-state index contributed by atoms with van der Waals surface area (Å²) in [6.07, 6.45) is 0.952. The average molecular weight is 324 g/mol. The summed E-state index contributed by atoms with van der Waals surface area (Å²) < 4.78 is 25.8. The van der Waals surface area contributed by atoms with Crippen LogP contribution in [0.4, 0.5) is 0 Å². The van der Waals surface area contributed by atoms with Crippen LogP contribution in [0.5, 0.6) is 0 Å². The van der Waals surface area contributed by atoms with Gasteiger partial charge in [0, 0.05) is 11.8 Å². The van der Waals surface area contributed by atoms with Crippen molar-refractivity contribution in [3.8, 4) is 0 Å². The Bertz CT molecular complexity index is 668. The second kappa shape index (κ2) is 7.33. The maximum atomic E-state index is 11.8. The van der Waals surface area contributed by atoms with Gasteiger partial charge in [0.15, 0.2) is 0 Å². The highest BCUT2D eigenvalue weighted by atomic mass is 32.2. The SMILES string of the molecule is O=C(CCc1cscn1)NS(=O)(=O)CCc1ccccc1. The molecule has 1 aromatic carbocycles. The third kappa shape index (κ3) is 5.65. The first-order valence-corrected chi connectivity index (χ1v) is 9.09. The van der Waals surface area contributed by atoms with Gasteiger partial charge >= 0.3 is 0 Å². The summed E-state index contributed by atoms with van der Waals surface area (Å²) in [5, 5.41) is 1.84. The lowest BCUT2D eigenvalue weighted by molar-refractivity contribution is -0.119. The van der Waals surface area contributed by atoms with Gasteiger partial charge in [0.05, 0.1) is 17.0 Å². The molecule has 0 aliphatic carbocycles. The van der Waals surface area contributed by atoms with Crippen molar-refractivity contribution in [3.05, 3.63) is 52.5 Å². The van der Waals surface area contributed by atoms with Crippen LogP contribution < -0.4 is 4.72 Å². The van der Waals surface area contributed by atoms with Crippen molar-refractivity contribution in [3.63, 3.8) is 0 Å². The van der Waals surface area contributed by atoms with Crippen molar-refractivity contribution in [2.24, 2.45) is 0 Å². The van der Waals surface area contributed by atoms with Crippen molar-refractivity contribution in [1.82, 2.24) is 9.71 Å². The molecule has 112 valence electrons. The smallest absolute Gasteiger partial charge is 0.235 e. The summed E-state index contributed by atoms with van der Waals surface area (Å²) in [6, 6.07) is 9.31. The lowest BCUT2D eigenvalue weighted by Crippen LogP contribution is -2.33. The van der Waals surface area contributed by atoms with Crippen LogP contribution in [0.2, 0.25) is 0 Å². The Kier molecular flexibility index (Phi) is 5.46. The van der Waals surface area contributed by atoms with E-state index < -0.39 is 15.9 Å². The lowest BCUT2D eigenvalue weighted by atomic mass is 10.2. The van der Waals surface area contributed by atoms with E-state index in [4.69, 9.17) is 0 Å². The maximum absolute atomic E-state index is 11.8. The molecule has 5 nitrogen and oxygen atoms in total. The number of nitrogens with zero attached hydrogens (tertiary/aromatic N) is 1. The molecule has 0 saturated heterocycles. The minimum absolute atomic E-state index is 0.0978. The van der Waals surface area contributed by atoms with E-state index in [-0.39, 0.29) is 12.2 Å². The number of nitrogens with one attached hydrogen (secondary N) is 1. The number of aryl methyl sites for hydroxylation is 2.